The lowest BCUT2D eigenvalue weighted by molar-refractivity contribution is 1.22. The average molecular weight is 525 g/mol. The predicted octanol–water partition coefficient (Wildman–Crippen LogP) is 10.5. The van der Waals surface area contributed by atoms with Crippen LogP contribution >= 0.6 is 0 Å². The first-order valence-corrected chi connectivity index (χ1v) is 14.2. The maximum absolute atomic E-state index is 3.61. The number of rotatable bonds is 2. The summed E-state index contributed by atoms with van der Waals surface area (Å²) in [6.45, 7) is 0. The molecular formula is C39H28N2. The molecule has 2 heterocycles. The lowest BCUT2D eigenvalue weighted by atomic mass is 9.95. The van der Waals surface area contributed by atoms with Gasteiger partial charge in [-0.1, -0.05) is 127 Å². The molecule has 0 aliphatic rings. The number of nitrogens with one attached hydrogen (secondary N) is 2. The van der Waals surface area contributed by atoms with Gasteiger partial charge in [0.15, 0.2) is 0 Å². The Morgan fingerprint density at radius 1 is 0.366 bits per heavy atom. The Morgan fingerprint density at radius 2 is 0.878 bits per heavy atom. The van der Waals surface area contributed by atoms with E-state index in [2.05, 4.69) is 156 Å². The third-order valence-electron chi connectivity index (χ3n) is 8.25. The van der Waals surface area contributed by atoms with Crippen molar-refractivity contribution in [2.45, 2.75) is 6.42 Å². The zero-order valence-electron chi connectivity index (χ0n) is 22.6. The molecule has 7 aromatic carbocycles. The lowest BCUT2D eigenvalue weighted by Gasteiger charge is -2.09. The summed E-state index contributed by atoms with van der Waals surface area (Å²) >= 11 is 0. The van der Waals surface area contributed by atoms with Crippen LogP contribution in [-0.4, -0.2) is 9.97 Å². The summed E-state index contributed by atoms with van der Waals surface area (Å²) in [6.07, 6.45) is 0.955. The Labute approximate surface area is 237 Å². The second-order valence-electron chi connectivity index (χ2n) is 10.7. The molecule has 0 spiro atoms. The Hall–Kier alpha value is -5.34. The smallest absolute Gasteiger partial charge is 0.0544 e. The Balaban J connectivity index is 0.000000132. The van der Waals surface area contributed by atoms with Crippen LogP contribution < -0.4 is 0 Å². The van der Waals surface area contributed by atoms with Crippen molar-refractivity contribution < 1.29 is 0 Å². The third-order valence-corrected chi connectivity index (χ3v) is 8.25. The van der Waals surface area contributed by atoms with Crippen LogP contribution in [0.5, 0.6) is 0 Å². The van der Waals surface area contributed by atoms with Gasteiger partial charge in [-0.3, -0.25) is 0 Å². The molecule has 194 valence electrons. The van der Waals surface area contributed by atoms with Crippen LogP contribution in [0.4, 0.5) is 0 Å². The van der Waals surface area contributed by atoms with E-state index in [0.717, 1.165) is 6.42 Å². The molecule has 0 atom stereocenters. The maximum atomic E-state index is 3.61. The first-order chi connectivity index (χ1) is 20.3. The van der Waals surface area contributed by atoms with Crippen LogP contribution in [0.25, 0.3) is 65.2 Å². The summed E-state index contributed by atoms with van der Waals surface area (Å²) in [5.74, 6) is 0. The van der Waals surface area contributed by atoms with Gasteiger partial charge in [-0.2, -0.15) is 0 Å². The van der Waals surface area contributed by atoms with Gasteiger partial charge in [0.25, 0.3) is 0 Å². The molecule has 0 fully saturated rings. The van der Waals surface area contributed by atoms with Crippen molar-refractivity contribution in [2.75, 3.05) is 0 Å². The van der Waals surface area contributed by atoms with Gasteiger partial charge >= 0.3 is 0 Å². The number of H-pyrrole nitrogens is 2. The van der Waals surface area contributed by atoms with Crippen LogP contribution in [0.3, 0.4) is 0 Å². The summed E-state index contributed by atoms with van der Waals surface area (Å²) in [5, 5.41) is 10.4. The van der Waals surface area contributed by atoms with Crippen LogP contribution in [0.15, 0.2) is 146 Å². The zero-order valence-corrected chi connectivity index (χ0v) is 22.6. The predicted molar refractivity (Wildman–Crippen MR) is 176 cm³/mol. The highest BCUT2D eigenvalue weighted by atomic mass is 14.7. The average Bonchev–Trinajstić information content (AvgIpc) is 3.61. The van der Waals surface area contributed by atoms with Gasteiger partial charge in [0.05, 0.1) is 11.0 Å². The minimum absolute atomic E-state index is 0.955. The van der Waals surface area contributed by atoms with E-state index < -0.39 is 0 Å². The third kappa shape index (κ3) is 4.04. The van der Waals surface area contributed by atoms with Gasteiger partial charge in [-0.05, 0) is 46.5 Å². The van der Waals surface area contributed by atoms with Crippen molar-refractivity contribution in [3.63, 3.8) is 0 Å². The monoisotopic (exact) mass is 524 g/mol. The van der Waals surface area contributed by atoms with E-state index in [4.69, 9.17) is 0 Å². The van der Waals surface area contributed by atoms with E-state index in [1.165, 1.54) is 76.3 Å². The van der Waals surface area contributed by atoms with Crippen LogP contribution in [0.1, 0.15) is 11.1 Å². The van der Waals surface area contributed by atoms with Crippen LogP contribution in [-0.2, 0) is 6.42 Å². The molecule has 2 heteroatoms. The van der Waals surface area contributed by atoms with E-state index >= 15 is 0 Å². The number of aromatic nitrogens is 2. The molecule has 2 N–H and O–H groups in total. The molecule has 41 heavy (non-hydrogen) atoms. The molecule has 0 aliphatic heterocycles. The molecule has 2 aromatic heterocycles. The van der Waals surface area contributed by atoms with Crippen LogP contribution in [0, 0.1) is 0 Å². The molecule has 0 bridgehead atoms. The molecule has 0 saturated heterocycles. The Bertz CT molecular complexity index is 2340. The SMILES string of the molecule is c1ccc(Cc2cc3c4ccccc4[nH]c3c3ccccc23)cc1.c1ccc2c(c1)ccc1c3ccccc3[nH]c21. The number of fused-ring (bicyclic) bond motifs is 10. The summed E-state index contributed by atoms with van der Waals surface area (Å²) in [5.41, 5.74) is 7.62. The molecule has 9 rings (SSSR count). The molecule has 0 unspecified atom stereocenters. The largest absolute Gasteiger partial charge is 0.354 e. The van der Waals surface area contributed by atoms with Crippen molar-refractivity contribution in [3.8, 4) is 0 Å². The fourth-order valence-electron chi connectivity index (χ4n) is 6.31. The summed E-state index contributed by atoms with van der Waals surface area (Å²) < 4.78 is 0. The van der Waals surface area contributed by atoms with E-state index in [0.29, 0.717) is 0 Å². The van der Waals surface area contributed by atoms with Gasteiger partial charge in [-0.15, -0.1) is 0 Å². The van der Waals surface area contributed by atoms with Gasteiger partial charge in [0.1, 0.15) is 0 Å². The molecule has 0 radical (unpaired) electrons. The fourth-order valence-corrected chi connectivity index (χ4v) is 6.31. The normalized spacial score (nSPS) is 11.5. The first kappa shape index (κ1) is 23.5. The minimum Gasteiger partial charge on any atom is -0.354 e. The molecule has 9 aromatic rings. The van der Waals surface area contributed by atoms with Gasteiger partial charge in [0, 0.05) is 43.4 Å². The van der Waals surface area contributed by atoms with Gasteiger partial charge in [0.2, 0.25) is 0 Å². The summed E-state index contributed by atoms with van der Waals surface area (Å²) in [7, 11) is 0. The standard InChI is InChI=1S/C23H17N.C16H11N/c1-2-8-16(9-3-1)14-17-15-21-19-11-6-7-13-22(19)24-23(21)20-12-5-4-10-18(17)20;1-2-6-12-11(5-1)9-10-14-13-7-3-4-8-15(13)17-16(12)14/h1-13,15,24H,14H2;1-10,17H. The number of benzene rings is 7. The van der Waals surface area contributed by atoms with Crippen molar-refractivity contribution >= 4 is 65.2 Å². The number of para-hydroxylation sites is 2. The fraction of sp³-hybridized carbons (Fsp3) is 0.0256. The van der Waals surface area contributed by atoms with Crippen molar-refractivity contribution in [1.82, 2.24) is 9.97 Å². The topological polar surface area (TPSA) is 31.6 Å². The maximum Gasteiger partial charge on any atom is 0.0544 e. The molecular weight excluding hydrogens is 496 g/mol. The molecule has 0 aliphatic carbocycles. The van der Waals surface area contributed by atoms with Gasteiger partial charge in [-0.25, -0.2) is 0 Å². The lowest BCUT2D eigenvalue weighted by Crippen LogP contribution is -1.90. The highest BCUT2D eigenvalue weighted by Crippen LogP contribution is 2.34. The van der Waals surface area contributed by atoms with E-state index in [9.17, 15) is 0 Å². The quantitative estimate of drug-likeness (QED) is 0.225. The van der Waals surface area contributed by atoms with E-state index in [1.54, 1.807) is 0 Å². The Morgan fingerprint density at radius 3 is 1.61 bits per heavy atom. The van der Waals surface area contributed by atoms with Crippen molar-refractivity contribution in [2.24, 2.45) is 0 Å². The zero-order chi connectivity index (χ0) is 27.2. The second kappa shape index (κ2) is 9.69. The Kier molecular flexibility index (Phi) is 5.56. The van der Waals surface area contributed by atoms with E-state index in [-0.39, 0.29) is 0 Å². The van der Waals surface area contributed by atoms with Crippen LogP contribution in [0.2, 0.25) is 0 Å². The minimum atomic E-state index is 0.955. The van der Waals surface area contributed by atoms with Crippen molar-refractivity contribution in [3.05, 3.63) is 157 Å². The number of hydrogen-bond donors (Lipinski definition) is 2. The highest BCUT2D eigenvalue weighted by molar-refractivity contribution is 6.18. The number of hydrogen-bond acceptors (Lipinski definition) is 0. The highest BCUT2D eigenvalue weighted by Gasteiger charge is 2.11. The van der Waals surface area contributed by atoms with Gasteiger partial charge < -0.3 is 9.97 Å². The van der Waals surface area contributed by atoms with Crippen molar-refractivity contribution in [1.29, 1.82) is 0 Å². The molecule has 2 nitrogen and oxygen atoms in total. The van der Waals surface area contributed by atoms with E-state index in [1.807, 2.05) is 0 Å². The molecule has 0 saturated carbocycles. The molecule has 0 amide bonds. The summed E-state index contributed by atoms with van der Waals surface area (Å²) in [6, 6.07) is 51.7. The first-order valence-electron chi connectivity index (χ1n) is 14.2. The number of aromatic amines is 2. The second-order valence-corrected chi connectivity index (χ2v) is 10.7. The summed E-state index contributed by atoms with van der Waals surface area (Å²) in [4.78, 5) is 7.13.